The van der Waals surface area contributed by atoms with Gasteiger partial charge in [0.15, 0.2) is 0 Å². The molecule has 1 amide bonds. The van der Waals surface area contributed by atoms with Gasteiger partial charge >= 0.3 is 0 Å². The summed E-state index contributed by atoms with van der Waals surface area (Å²) in [6, 6.07) is 6.65. The molecule has 2 saturated heterocycles. The molecule has 0 spiro atoms. The third-order valence-electron chi connectivity index (χ3n) is 4.26. The maximum Gasteiger partial charge on any atom is 0.227 e. The fraction of sp³-hybridized carbons (Fsp3) is 0.562. The molecule has 0 N–H and O–H groups in total. The van der Waals surface area contributed by atoms with E-state index in [9.17, 15) is 9.18 Å². The molecule has 0 aliphatic carbocycles. The molecule has 1 unspecified atom stereocenters. The first-order valence-electron chi connectivity index (χ1n) is 7.56. The third-order valence-corrected chi connectivity index (χ3v) is 5.21. The van der Waals surface area contributed by atoms with Gasteiger partial charge in [-0.05, 0) is 30.7 Å². The highest BCUT2D eigenvalue weighted by Gasteiger charge is 2.31. The molecule has 2 fully saturated rings. The molecule has 3 rings (SSSR count). The molecule has 3 nitrogen and oxygen atoms in total. The Balaban J connectivity index is 1.52. The lowest BCUT2D eigenvalue weighted by molar-refractivity contribution is -0.134. The normalized spacial score (nSPS) is 23.5. The highest BCUT2D eigenvalue weighted by Crippen LogP contribution is 2.22. The van der Waals surface area contributed by atoms with Gasteiger partial charge in [-0.2, -0.15) is 11.8 Å². The molecule has 1 aromatic rings. The van der Waals surface area contributed by atoms with Crippen molar-refractivity contribution in [3.05, 3.63) is 35.6 Å². The minimum Gasteiger partial charge on any atom is -0.341 e. The van der Waals surface area contributed by atoms with Gasteiger partial charge < -0.3 is 4.90 Å². The number of amides is 1. The molecule has 2 aliphatic heterocycles. The summed E-state index contributed by atoms with van der Waals surface area (Å²) in [5.41, 5.74) is 1.11. The maximum absolute atomic E-state index is 12.9. The third kappa shape index (κ3) is 3.77. The summed E-state index contributed by atoms with van der Waals surface area (Å²) < 4.78 is 12.9. The number of rotatable bonds is 3. The van der Waals surface area contributed by atoms with E-state index in [0.29, 0.717) is 5.91 Å². The molecule has 0 aromatic heterocycles. The van der Waals surface area contributed by atoms with Gasteiger partial charge in [0.25, 0.3) is 0 Å². The van der Waals surface area contributed by atoms with Crippen LogP contribution in [0.2, 0.25) is 0 Å². The van der Waals surface area contributed by atoms with E-state index >= 15 is 0 Å². The molecule has 2 heterocycles. The summed E-state index contributed by atoms with van der Waals surface area (Å²) in [6.45, 7) is 4.39. The minimum absolute atomic E-state index is 0.147. The van der Waals surface area contributed by atoms with Crippen molar-refractivity contribution < 1.29 is 9.18 Å². The zero-order chi connectivity index (χ0) is 14.7. The maximum atomic E-state index is 12.9. The lowest BCUT2D eigenvalue weighted by Crippen LogP contribution is -2.42. The fourth-order valence-corrected chi connectivity index (χ4v) is 3.97. The average molecular weight is 308 g/mol. The Hall–Kier alpha value is -1.07. The van der Waals surface area contributed by atoms with Gasteiger partial charge in [-0.25, -0.2) is 4.39 Å². The lowest BCUT2D eigenvalue weighted by atomic mass is 10.1. The van der Waals surface area contributed by atoms with Crippen LogP contribution in [0.15, 0.2) is 24.3 Å². The Kier molecular flexibility index (Phi) is 4.80. The molecule has 0 saturated carbocycles. The average Bonchev–Trinajstić information content (AvgIpc) is 2.98. The van der Waals surface area contributed by atoms with Gasteiger partial charge in [-0.1, -0.05) is 12.1 Å². The van der Waals surface area contributed by atoms with E-state index in [1.165, 1.54) is 12.1 Å². The van der Waals surface area contributed by atoms with Crippen LogP contribution in [-0.2, 0) is 11.3 Å². The number of benzene rings is 1. The zero-order valence-electron chi connectivity index (χ0n) is 12.1. The summed E-state index contributed by atoms with van der Waals surface area (Å²) in [5.74, 6) is 2.41. The van der Waals surface area contributed by atoms with Crippen LogP contribution in [0.4, 0.5) is 4.39 Å². The van der Waals surface area contributed by atoms with Crippen LogP contribution in [0.5, 0.6) is 0 Å². The van der Waals surface area contributed by atoms with Crippen LogP contribution in [0.3, 0.4) is 0 Å². The van der Waals surface area contributed by atoms with Gasteiger partial charge in [0, 0.05) is 37.7 Å². The van der Waals surface area contributed by atoms with Gasteiger partial charge in [0.1, 0.15) is 5.82 Å². The van der Waals surface area contributed by atoms with Crippen molar-refractivity contribution in [3.8, 4) is 0 Å². The number of carbonyl (C=O) groups is 1. The van der Waals surface area contributed by atoms with E-state index in [-0.39, 0.29) is 11.7 Å². The van der Waals surface area contributed by atoms with E-state index in [0.717, 1.165) is 56.2 Å². The number of thioether (sulfide) groups is 1. The predicted octanol–water partition coefficient (Wildman–Crippen LogP) is 2.22. The molecule has 0 bridgehead atoms. The largest absolute Gasteiger partial charge is 0.341 e. The predicted molar refractivity (Wildman–Crippen MR) is 83.7 cm³/mol. The Bertz CT molecular complexity index is 488. The first-order valence-corrected chi connectivity index (χ1v) is 8.71. The SMILES string of the molecule is O=C(C1CCN(Cc2ccc(F)cc2)C1)N1CCSCC1. The summed E-state index contributed by atoms with van der Waals surface area (Å²) in [5, 5.41) is 0. The highest BCUT2D eigenvalue weighted by atomic mass is 32.2. The first kappa shape index (κ1) is 14.9. The summed E-state index contributed by atoms with van der Waals surface area (Å²) in [6.07, 6.45) is 0.948. The number of likely N-dealkylation sites (tertiary alicyclic amines) is 1. The van der Waals surface area contributed by atoms with Crippen molar-refractivity contribution in [1.82, 2.24) is 9.80 Å². The Morgan fingerprint density at radius 2 is 1.90 bits per heavy atom. The second-order valence-electron chi connectivity index (χ2n) is 5.78. The summed E-state index contributed by atoms with van der Waals surface area (Å²) in [4.78, 5) is 16.8. The molecular weight excluding hydrogens is 287 g/mol. The van der Waals surface area contributed by atoms with Crippen molar-refractivity contribution >= 4 is 17.7 Å². The van der Waals surface area contributed by atoms with Gasteiger partial charge in [-0.3, -0.25) is 9.69 Å². The minimum atomic E-state index is -0.198. The standard InChI is InChI=1S/C16H21FN2OS/c17-15-3-1-13(2-4-15)11-18-6-5-14(12-18)16(20)19-7-9-21-10-8-19/h1-4,14H,5-12H2. The van der Waals surface area contributed by atoms with E-state index in [1.807, 2.05) is 28.8 Å². The summed E-state index contributed by atoms with van der Waals surface area (Å²) >= 11 is 1.93. The second kappa shape index (κ2) is 6.79. The van der Waals surface area contributed by atoms with Crippen molar-refractivity contribution in [3.63, 3.8) is 0 Å². The monoisotopic (exact) mass is 308 g/mol. The van der Waals surface area contributed by atoms with E-state index < -0.39 is 0 Å². The molecule has 2 aliphatic rings. The van der Waals surface area contributed by atoms with Gasteiger partial charge in [0.2, 0.25) is 5.91 Å². The van der Waals surface area contributed by atoms with Crippen LogP contribution in [0, 0.1) is 11.7 Å². The van der Waals surface area contributed by atoms with E-state index in [4.69, 9.17) is 0 Å². The van der Waals surface area contributed by atoms with Crippen LogP contribution in [0.25, 0.3) is 0 Å². The van der Waals surface area contributed by atoms with Crippen LogP contribution < -0.4 is 0 Å². The first-order chi connectivity index (χ1) is 10.2. The number of carbonyl (C=O) groups excluding carboxylic acids is 1. The number of hydrogen-bond acceptors (Lipinski definition) is 3. The van der Waals surface area contributed by atoms with Crippen molar-refractivity contribution in [2.24, 2.45) is 5.92 Å². The second-order valence-corrected chi connectivity index (χ2v) is 7.01. The van der Waals surface area contributed by atoms with Gasteiger partial charge in [-0.15, -0.1) is 0 Å². The molecule has 1 atom stereocenters. The van der Waals surface area contributed by atoms with E-state index in [2.05, 4.69) is 4.90 Å². The Morgan fingerprint density at radius 3 is 2.62 bits per heavy atom. The fourth-order valence-electron chi connectivity index (χ4n) is 3.07. The number of hydrogen-bond donors (Lipinski definition) is 0. The summed E-state index contributed by atoms with van der Waals surface area (Å²) in [7, 11) is 0. The van der Waals surface area contributed by atoms with Crippen molar-refractivity contribution in [2.75, 3.05) is 37.7 Å². The Labute approximate surface area is 129 Å². The van der Waals surface area contributed by atoms with E-state index in [1.54, 1.807) is 0 Å². The number of halogens is 1. The molecule has 5 heteroatoms. The topological polar surface area (TPSA) is 23.6 Å². The smallest absolute Gasteiger partial charge is 0.227 e. The lowest BCUT2D eigenvalue weighted by Gasteiger charge is -2.29. The van der Waals surface area contributed by atoms with Crippen molar-refractivity contribution in [1.29, 1.82) is 0 Å². The van der Waals surface area contributed by atoms with Crippen LogP contribution >= 0.6 is 11.8 Å². The molecule has 1 aromatic carbocycles. The quantitative estimate of drug-likeness (QED) is 0.855. The van der Waals surface area contributed by atoms with Gasteiger partial charge in [0.05, 0.1) is 5.92 Å². The molecule has 0 radical (unpaired) electrons. The molecular formula is C16H21FN2OS. The molecule has 114 valence electrons. The van der Waals surface area contributed by atoms with Crippen LogP contribution in [-0.4, -0.2) is 53.4 Å². The van der Waals surface area contributed by atoms with Crippen molar-refractivity contribution in [2.45, 2.75) is 13.0 Å². The van der Waals surface area contributed by atoms with Crippen LogP contribution in [0.1, 0.15) is 12.0 Å². The zero-order valence-corrected chi connectivity index (χ0v) is 12.9. The number of nitrogens with zero attached hydrogens (tertiary/aromatic N) is 2. The highest BCUT2D eigenvalue weighted by molar-refractivity contribution is 7.99. The Morgan fingerprint density at radius 1 is 1.19 bits per heavy atom. The molecule has 21 heavy (non-hydrogen) atoms.